The Kier molecular flexibility index (Phi) is 6.68. The lowest BCUT2D eigenvalue weighted by Crippen LogP contribution is -2.00. The molecule has 1 aromatic rings. The molecule has 0 saturated heterocycles. The Bertz CT molecular complexity index is 325. The number of carbonyl (C=O) groups excluding carboxylic acids is 1. The van der Waals surface area contributed by atoms with Crippen LogP contribution in [-0.4, -0.2) is 5.78 Å². The van der Waals surface area contributed by atoms with Crippen LogP contribution in [-0.2, 0) is 6.42 Å². The lowest BCUT2D eigenvalue weighted by atomic mass is 10.0. The summed E-state index contributed by atoms with van der Waals surface area (Å²) in [5, 5.41) is 0. The van der Waals surface area contributed by atoms with E-state index in [1.807, 2.05) is 6.92 Å². The van der Waals surface area contributed by atoms with E-state index in [1.165, 1.54) is 32.1 Å². The number of unbranched alkanes of at least 4 members (excludes halogenated alkanes) is 5. The molecule has 2 nitrogen and oxygen atoms in total. The molecule has 17 heavy (non-hydrogen) atoms. The van der Waals surface area contributed by atoms with E-state index in [2.05, 4.69) is 6.92 Å². The van der Waals surface area contributed by atoms with Crippen molar-refractivity contribution in [3.8, 4) is 0 Å². The summed E-state index contributed by atoms with van der Waals surface area (Å²) < 4.78 is 5.27. The lowest BCUT2D eigenvalue weighted by Gasteiger charge is -2.01. The summed E-state index contributed by atoms with van der Waals surface area (Å²) in [7, 11) is 0. The van der Waals surface area contributed by atoms with Gasteiger partial charge in [-0.2, -0.15) is 0 Å². The molecule has 0 aromatic carbocycles. The van der Waals surface area contributed by atoms with Gasteiger partial charge in [-0.3, -0.25) is 4.79 Å². The van der Waals surface area contributed by atoms with Crippen molar-refractivity contribution >= 4 is 5.78 Å². The second-order valence-electron chi connectivity index (χ2n) is 4.55. The maximum atomic E-state index is 11.9. The maximum Gasteiger partial charge on any atom is 0.166 e. The lowest BCUT2D eigenvalue weighted by molar-refractivity contribution is 0.0977. The minimum Gasteiger partial charge on any atom is -0.469 e. The first kappa shape index (κ1) is 14.0. The van der Waals surface area contributed by atoms with Gasteiger partial charge in [-0.15, -0.1) is 0 Å². The first-order valence-corrected chi connectivity index (χ1v) is 6.89. The van der Waals surface area contributed by atoms with E-state index in [4.69, 9.17) is 4.42 Å². The third-order valence-electron chi connectivity index (χ3n) is 3.12. The fourth-order valence-electron chi connectivity index (χ4n) is 2.06. The number of furan rings is 1. The Balaban J connectivity index is 2.21. The predicted molar refractivity (Wildman–Crippen MR) is 70.4 cm³/mol. The highest BCUT2D eigenvalue weighted by molar-refractivity contribution is 5.96. The summed E-state index contributed by atoms with van der Waals surface area (Å²) in [4.78, 5) is 11.9. The van der Waals surface area contributed by atoms with Crippen LogP contribution in [0.3, 0.4) is 0 Å². The molecule has 0 spiro atoms. The first-order valence-electron chi connectivity index (χ1n) is 6.89. The van der Waals surface area contributed by atoms with Crippen LogP contribution in [0.4, 0.5) is 0 Å². The highest BCUT2D eigenvalue weighted by Crippen LogP contribution is 2.16. The van der Waals surface area contributed by atoms with Gasteiger partial charge in [0.05, 0.1) is 11.8 Å². The predicted octanol–water partition coefficient (Wildman–Crippen LogP) is 4.78. The molecule has 0 amide bonds. The molecule has 0 atom stereocenters. The van der Waals surface area contributed by atoms with E-state index in [0.29, 0.717) is 6.42 Å². The highest BCUT2D eigenvalue weighted by atomic mass is 16.3. The molecule has 1 heterocycles. The van der Waals surface area contributed by atoms with Gasteiger partial charge in [0.15, 0.2) is 5.78 Å². The quantitative estimate of drug-likeness (QED) is 0.456. The Morgan fingerprint density at radius 2 is 1.82 bits per heavy atom. The summed E-state index contributed by atoms with van der Waals surface area (Å²) in [6, 6.07) is 1.80. The van der Waals surface area contributed by atoms with E-state index in [0.717, 1.165) is 24.2 Å². The minimum absolute atomic E-state index is 0.242. The molecule has 0 aliphatic carbocycles. The second kappa shape index (κ2) is 8.10. The van der Waals surface area contributed by atoms with Crippen molar-refractivity contribution in [2.45, 2.75) is 65.2 Å². The smallest absolute Gasteiger partial charge is 0.166 e. The summed E-state index contributed by atoms with van der Waals surface area (Å²) in [6.45, 7) is 4.23. The second-order valence-corrected chi connectivity index (χ2v) is 4.55. The Morgan fingerprint density at radius 1 is 1.12 bits per heavy atom. The maximum absolute atomic E-state index is 11.9. The van der Waals surface area contributed by atoms with Crippen LogP contribution in [0, 0.1) is 0 Å². The standard InChI is InChI=1S/C15H24O2/c1-3-5-6-7-8-9-10-14(16)13-11-12-17-15(13)4-2/h11-12H,3-10H2,1-2H3. The number of aryl methyl sites for hydroxylation is 1. The molecular formula is C15H24O2. The van der Waals surface area contributed by atoms with Gasteiger partial charge in [0.1, 0.15) is 5.76 Å². The van der Waals surface area contributed by atoms with Gasteiger partial charge in [-0.25, -0.2) is 0 Å². The van der Waals surface area contributed by atoms with E-state index in [1.54, 1.807) is 12.3 Å². The first-order chi connectivity index (χ1) is 8.29. The van der Waals surface area contributed by atoms with Crippen LogP contribution in [0.25, 0.3) is 0 Å². The molecule has 1 aromatic heterocycles. The van der Waals surface area contributed by atoms with Crippen LogP contribution in [0.2, 0.25) is 0 Å². The van der Waals surface area contributed by atoms with Gasteiger partial charge in [-0.05, 0) is 12.5 Å². The molecule has 96 valence electrons. The fraction of sp³-hybridized carbons (Fsp3) is 0.667. The number of carbonyl (C=O) groups is 1. The van der Waals surface area contributed by atoms with Crippen molar-refractivity contribution in [3.05, 3.63) is 23.7 Å². The van der Waals surface area contributed by atoms with Crippen molar-refractivity contribution in [2.75, 3.05) is 0 Å². The number of hydrogen-bond donors (Lipinski definition) is 0. The van der Waals surface area contributed by atoms with E-state index < -0.39 is 0 Å². The fourth-order valence-corrected chi connectivity index (χ4v) is 2.06. The van der Waals surface area contributed by atoms with Crippen molar-refractivity contribution in [1.82, 2.24) is 0 Å². The summed E-state index contributed by atoms with van der Waals surface area (Å²) in [6.07, 6.45) is 10.4. The number of Topliss-reactive ketones (excluding diaryl/α,β-unsaturated/α-hetero) is 1. The van der Waals surface area contributed by atoms with Crippen molar-refractivity contribution in [2.24, 2.45) is 0 Å². The largest absolute Gasteiger partial charge is 0.469 e. The molecule has 0 bridgehead atoms. The average molecular weight is 236 g/mol. The van der Waals surface area contributed by atoms with Gasteiger partial charge in [0.25, 0.3) is 0 Å². The van der Waals surface area contributed by atoms with Gasteiger partial charge in [0, 0.05) is 12.8 Å². The Hall–Kier alpha value is -1.05. The van der Waals surface area contributed by atoms with Gasteiger partial charge in [-0.1, -0.05) is 46.0 Å². The molecule has 0 unspecified atom stereocenters. The highest BCUT2D eigenvalue weighted by Gasteiger charge is 2.12. The van der Waals surface area contributed by atoms with Gasteiger partial charge in [0.2, 0.25) is 0 Å². The molecule has 2 heteroatoms. The Labute approximate surface area is 104 Å². The van der Waals surface area contributed by atoms with Gasteiger partial charge < -0.3 is 4.42 Å². The molecule has 0 saturated carbocycles. The van der Waals surface area contributed by atoms with Crippen molar-refractivity contribution in [1.29, 1.82) is 0 Å². The van der Waals surface area contributed by atoms with E-state index in [9.17, 15) is 4.79 Å². The number of ketones is 1. The monoisotopic (exact) mass is 236 g/mol. The normalized spacial score (nSPS) is 10.7. The van der Waals surface area contributed by atoms with E-state index >= 15 is 0 Å². The zero-order chi connectivity index (χ0) is 12.5. The van der Waals surface area contributed by atoms with Gasteiger partial charge >= 0.3 is 0 Å². The van der Waals surface area contributed by atoms with Crippen LogP contribution >= 0.6 is 0 Å². The SMILES string of the molecule is CCCCCCCCC(=O)c1ccoc1CC. The molecule has 0 aliphatic rings. The van der Waals surface area contributed by atoms with E-state index in [-0.39, 0.29) is 5.78 Å². The van der Waals surface area contributed by atoms with Crippen molar-refractivity contribution < 1.29 is 9.21 Å². The molecule has 0 fully saturated rings. The van der Waals surface area contributed by atoms with Crippen LogP contribution < -0.4 is 0 Å². The zero-order valence-electron chi connectivity index (χ0n) is 11.1. The zero-order valence-corrected chi connectivity index (χ0v) is 11.1. The molecule has 0 aliphatic heterocycles. The third kappa shape index (κ3) is 4.76. The van der Waals surface area contributed by atoms with Crippen LogP contribution in [0.5, 0.6) is 0 Å². The summed E-state index contributed by atoms with van der Waals surface area (Å²) >= 11 is 0. The number of hydrogen-bond acceptors (Lipinski definition) is 2. The molecule has 1 rings (SSSR count). The van der Waals surface area contributed by atoms with Crippen LogP contribution in [0.15, 0.2) is 16.7 Å². The molecule has 0 radical (unpaired) electrons. The summed E-state index contributed by atoms with van der Waals surface area (Å²) in [5.74, 6) is 1.08. The summed E-state index contributed by atoms with van der Waals surface area (Å²) in [5.41, 5.74) is 0.793. The number of rotatable bonds is 9. The van der Waals surface area contributed by atoms with Crippen molar-refractivity contribution in [3.63, 3.8) is 0 Å². The Morgan fingerprint density at radius 3 is 2.53 bits per heavy atom. The van der Waals surface area contributed by atoms with Crippen LogP contribution in [0.1, 0.15) is 74.9 Å². The molecular weight excluding hydrogens is 212 g/mol. The average Bonchev–Trinajstić information content (AvgIpc) is 2.81. The minimum atomic E-state index is 0.242. The third-order valence-corrected chi connectivity index (χ3v) is 3.12. The molecule has 0 N–H and O–H groups in total. The topological polar surface area (TPSA) is 30.2 Å².